The molecule has 0 aromatic rings. The first-order valence-electron chi connectivity index (χ1n) is 3.86. The number of rotatable bonds is 0. The van der Waals surface area contributed by atoms with Crippen molar-refractivity contribution in [3.8, 4) is 0 Å². The van der Waals surface area contributed by atoms with E-state index in [2.05, 4.69) is 6.92 Å². The van der Waals surface area contributed by atoms with Crippen LogP contribution in [0.15, 0.2) is 0 Å². The van der Waals surface area contributed by atoms with Crippen molar-refractivity contribution in [2.24, 2.45) is 23.2 Å². The largest absolute Gasteiger partial charge is 0.0620 e. The van der Waals surface area contributed by atoms with Gasteiger partial charge in [-0.15, -0.1) is 0 Å². The van der Waals surface area contributed by atoms with Crippen molar-refractivity contribution in [3.63, 3.8) is 0 Å². The molecule has 3 aliphatic carbocycles. The number of hydrogen-bond acceptors (Lipinski definition) is 0. The number of hydrogen-bond donors (Lipinski definition) is 0. The third-order valence-corrected chi connectivity index (χ3v) is 3.99. The molecule has 0 N–H and O–H groups in total. The van der Waals surface area contributed by atoms with E-state index >= 15 is 0 Å². The predicted molar refractivity (Wildman–Crippen MR) is 32.4 cm³/mol. The minimum atomic E-state index is 0.986. The van der Waals surface area contributed by atoms with E-state index in [-0.39, 0.29) is 0 Å². The fourth-order valence-electron chi connectivity index (χ4n) is 2.97. The van der Waals surface area contributed by atoms with Gasteiger partial charge in [-0.25, -0.2) is 0 Å². The summed E-state index contributed by atoms with van der Waals surface area (Å²) in [5.74, 6) is 3.60. The summed E-state index contributed by atoms with van der Waals surface area (Å²) in [6.07, 6.45) is 4.72. The molecule has 0 aromatic heterocycles. The Labute approximate surface area is 50.3 Å². The van der Waals surface area contributed by atoms with Crippen molar-refractivity contribution in [2.45, 2.75) is 26.2 Å². The van der Waals surface area contributed by atoms with Crippen molar-refractivity contribution in [1.82, 2.24) is 0 Å². The molecule has 0 heterocycles. The molecule has 3 unspecified atom stereocenters. The summed E-state index contributed by atoms with van der Waals surface area (Å²) in [4.78, 5) is 0. The van der Waals surface area contributed by atoms with Crippen molar-refractivity contribution in [1.29, 1.82) is 0 Å². The highest BCUT2D eigenvalue weighted by Crippen LogP contribution is 2.86. The van der Waals surface area contributed by atoms with Gasteiger partial charge in [-0.05, 0) is 42.4 Å². The molecule has 3 rings (SSSR count). The van der Waals surface area contributed by atoms with E-state index in [0.29, 0.717) is 0 Å². The Morgan fingerprint density at radius 1 is 1.38 bits per heavy atom. The molecule has 3 fully saturated rings. The summed E-state index contributed by atoms with van der Waals surface area (Å²) in [6.45, 7) is 2.44. The van der Waals surface area contributed by atoms with Gasteiger partial charge in [0.1, 0.15) is 0 Å². The maximum atomic E-state index is 2.44. The first-order valence-corrected chi connectivity index (χ1v) is 3.86. The van der Waals surface area contributed by atoms with Gasteiger partial charge >= 0.3 is 0 Å². The molecule has 0 aliphatic heterocycles. The summed E-state index contributed by atoms with van der Waals surface area (Å²) in [6, 6.07) is 0. The molecule has 3 aliphatic rings. The zero-order chi connectivity index (χ0) is 5.35. The molecule has 44 valence electrons. The second-order valence-electron chi connectivity index (χ2n) is 4.00. The molecule has 0 heteroatoms. The molecule has 0 nitrogen and oxygen atoms in total. The van der Waals surface area contributed by atoms with Crippen LogP contribution < -0.4 is 0 Å². The van der Waals surface area contributed by atoms with Gasteiger partial charge in [0, 0.05) is 0 Å². The van der Waals surface area contributed by atoms with Gasteiger partial charge in [-0.1, -0.05) is 6.92 Å². The van der Waals surface area contributed by atoms with Crippen LogP contribution in [0.2, 0.25) is 0 Å². The van der Waals surface area contributed by atoms with E-state index in [1.165, 1.54) is 18.3 Å². The third kappa shape index (κ3) is 0.191. The monoisotopic (exact) mass is 108 g/mol. The van der Waals surface area contributed by atoms with Crippen LogP contribution >= 0.6 is 0 Å². The standard InChI is InChI=1S/C8H12/c1-5-2-3-8(5)6-4-7(6)8/h5-7H,2-4H2,1H3. The molecule has 8 heavy (non-hydrogen) atoms. The molecular formula is C8H12. The molecular weight excluding hydrogens is 96.1 g/mol. The van der Waals surface area contributed by atoms with Crippen molar-refractivity contribution >= 4 is 0 Å². The van der Waals surface area contributed by atoms with Crippen LogP contribution in [0.5, 0.6) is 0 Å². The smallest absolute Gasteiger partial charge is 0.0209 e. The molecule has 0 amide bonds. The van der Waals surface area contributed by atoms with Gasteiger partial charge in [0.05, 0.1) is 0 Å². The third-order valence-electron chi connectivity index (χ3n) is 3.99. The quantitative estimate of drug-likeness (QED) is 0.445. The first-order chi connectivity index (χ1) is 3.86. The Kier molecular flexibility index (Phi) is 0.381. The van der Waals surface area contributed by atoms with Crippen LogP contribution in [0, 0.1) is 23.2 Å². The van der Waals surface area contributed by atoms with E-state index in [0.717, 1.165) is 11.3 Å². The van der Waals surface area contributed by atoms with E-state index < -0.39 is 0 Å². The number of fused-ring (bicyclic) bond motifs is 3. The first kappa shape index (κ1) is 3.92. The maximum absolute atomic E-state index is 2.44. The second kappa shape index (κ2) is 0.778. The molecule has 3 saturated carbocycles. The van der Waals surface area contributed by atoms with Gasteiger partial charge in [0.15, 0.2) is 0 Å². The van der Waals surface area contributed by atoms with Crippen molar-refractivity contribution in [2.75, 3.05) is 0 Å². The molecule has 0 aromatic carbocycles. The summed E-state index contributed by atoms with van der Waals surface area (Å²) in [5, 5.41) is 0. The topological polar surface area (TPSA) is 0 Å². The lowest BCUT2D eigenvalue weighted by Gasteiger charge is -2.39. The highest BCUT2D eigenvalue weighted by atomic mass is 14.8. The minimum absolute atomic E-state index is 0.986. The lowest BCUT2D eigenvalue weighted by Crippen LogP contribution is -2.31. The van der Waals surface area contributed by atoms with E-state index in [1.807, 2.05) is 0 Å². The Morgan fingerprint density at radius 3 is 2.12 bits per heavy atom. The van der Waals surface area contributed by atoms with Gasteiger partial charge in [-0.3, -0.25) is 0 Å². The SMILES string of the molecule is CC1CCC12C1CC12. The normalized spacial score (nSPS) is 73.9. The van der Waals surface area contributed by atoms with Crippen molar-refractivity contribution in [3.05, 3.63) is 0 Å². The van der Waals surface area contributed by atoms with Gasteiger partial charge in [0.2, 0.25) is 0 Å². The molecule has 3 atom stereocenters. The van der Waals surface area contributed by atoms with Crippen LogP contribution in [0.3, 0.4) is 0 Å². The Morgan fingerprint density at radius 2 is 2.12 bits per heavy atom. The maximum Gasteiger partial charge on any atom is -0.0209 e. The van der Waals surface area contributed by atoms with Crippen LogP contribution in [0.1, 0.15) is 26.2 Å². The van der Waals surface area contributed by atoms with Crippen molar-refractivity contribution < 1.29 is 0 Å². The zero-order valence-corrected chi connectivity index (χ0v) is 5.35. The lowest BCUT2D eigenvalue weighted by atomic mass is 9.65. The van der Waals surface area contributed by atoms with Crippen LogP contribution in [-0.2, 0) is 0 Å². The minimum Gasteiger partial charge on any atom is -0.0620 e. The van der Waals surface area contributed by atoms with Gasteiger partial charge in [-0.2, -0.15) is 0 Å². The van der Waals surface area contributed by atoms with E-state index in [9.17, 15) is 0 Å². The fourth-order valence-corrected chi connectivity index (χ4v) is 2.97. The summed E-state index contributed by atoms with van der Waals surface area (Å²) < 4.78 is 0. The molecule has 1 spiro atoms. The average Bonchev–Trinajstić information content (AvgIpc) is 2.43. The van der Waals surface area contributed by atoms with Crippen LogP contribution in [-0.4, -0.2) is 0 Å². The Balaban J connectivity index is 1.91. The Bertz CT molecular complexity index is 140. The summed E-state index contributed by atoms with van der Waals surface area (Å²) in [5.41, 5.74) is 0.986. The predicted octanol–water partition coefficient (Wildman–Crippen LogP) is 2.05. The van der Waals surface area contributed by atoms with Gasteiger partial charge < -0.3 is 0 Å². The zero-order valence-electron chi connectivity index (χ0n) is 5.35. The molecule has 0 bridgehead atoms. The summed E-state index contributed by atoms with van der Waals surface area (Å²) in [7, 11) is 0. The van der Waals surface area contributed by atoms with E-state index in [4.69, 9.17) is 0 Å². The summed E-state index contributed by atoms with van der Waals surface area (Å²) >= 11 is 0. The average molecular weight is 108 g/mol. The Hall–Kier alpha value is 0. The molecule has 0 saturated heterocycles. The van der Waals surface area contributed by atoms with E-state index in [1.54, 1.807) is 12.8 Å². The highest BCUT2D eigenvalue weighted by molar-refractivity contribution is 5.28. The molecule has 0 radical (unpaired) electrons. The highest BCUT2D eigenvalue weighted by Gasteiger charge is 2.80. The lowest BCUT2D eigenvalue weighted by molar-refractivity contribution is 0.0998. The van der Waals surface area contributed by atoms with Crippen LogP contribution in [0.25, 0.3) is 0 Å². The van der Waals surface area contributed by atoms with Gasteiger partial charge in [0.25, 0.3) is 0 Å². The van der Waals surface area contributed by atoms with Crippen LogP contribution in [0.4, 0.5) is 0 Å². The fraction of sp³-hybridized carbons (Fsp3) is 1.00. The second-order valence-corrected chi connectivity index (χ2v) is 4.00.